The molecule has 94 valence electrons. The van der Waals surface area contributed by atoms with Crippen LogP contribution in [0.4, 0.5) is 14.5 Å². The molecule has 1 unspecified atom stereocenters. The van der Waals surface area contributed by atoms with Crippen LogP contribution in [0.5, 0.6) is 0 Å². The molecule has 1 aromatic rings. The van der Waals surface area contributed by atoms with Gasteiger partial charge in [-0.05, 0) is 37.0 Å². The van der Waals surface area contributed by atoms with Crippen LogP contribution in [-0.2, 0) is 6.42 Å². The topological polar surface area (TPSA) is 29.3 Å². The van der Waals surface area contributed by atoms with Gasteiger partial charge in [-0.25, -0.2) is 8.78 Å². The van der Waals surface area contributed by atoms with E-state index in [1.54, 1.807) is 0 Å². The lowest BCUT2D eigenvalue weighted by Gasteiger charge is -2.18. The molecular formula is C13H18F2N2. The van der Waals surface area contributed by atoms with E-state index >= 15 is 0 Å². The van der Waals surface area contributed by atoms with Gasteiger partial charge in [0.15, 0.2) is 0 Å². The predicted octanol–water partition coefficient (Wildman–Crippen LogP) is 2.42. The van der Waals surface area contributed by atoms with Gasteiger partial charge in [-0.3, -0.25) is 0 Å². The van der Waals surface area contributed by atoms with E-state index in [-0.39, 0.29) is 6.42 Å². The molecule has 0 amide bonds. The summed E-state index contributed by atoms with van der Waals surface area (Å²) in [6.45, 7) is 2.19. The Balaban J connectivity index is 1.97. The normalized spacial score (nSPS) is 17.8. The molecule has 0 radical (unpaired) electrons. The molecule has 4 heteroatoms. The molecule has 1 aromatic carbocycles. The van der Waals surface area contributed by atoms with Crippen LogP contribution in [0.3, 0.4) is 0 Å². The van der Waals surface area contributed by atoms with Gasteiger partial charge >= 0.3 is 0 Å². The maximum absolute atomic E-state index is 12.3. The lowest BCUT2D eigenvalue weighted by atomic mass is 10.1. The SMILES string of the molecule is NC(Cc1ccc(N2CCCC2)cc1)C(F)F. The summed E-state index contributed by atoms with van der Waals surface area (Å²) in [4.78, 5) is 2.32. The summed E-state index contributed by atoms with van der Waals surface area (Å²) in [5.74, 6) is 0. The van der Waals surface area contributed by atoms with Gasteiger partial charge in [0.25, 0.3) is 6.43 Å². The minimum absolute atomic E-state index is 0.234. The number of nitrogens with zero attached hydrogens (tertiary/aromatic N) is 1. The Morgan fingerprint density at radius 2 is 1.71 bits per heavy atom. The van der Waals surface area contributed by atoms with Gasteiger partial charge in [0.05, 0.1) is 6.04 Å². The highest BCUT2D eigenvalue weighted by molar-refractivity contribution is 5.48. The van der Waals surface area contributed by atoms with Crippen molar-refractivity contribution in [1.82, 2.24) is 0 Å². The Morgan fingerprint density at radius 3 is 2.24 bits per heavy atom. The van der Waals surface area contributed by atoms with Gasteiger partial charge in [-0.2, -0.15) is 0 Å². The predicted molar refractivity (Wildman–Crippen MR) is 65.6 cm³/mol. The first-order valence-electron chi connectivity index (χ1n) is 6.04. The lowest BCUT2D eigenvalue weighted by molar-refractivity contribution is 0.116. The van der Waals surface area contributed by atoms with Crippen molar-refractivity contribution in [3.63, 3.8) is 0 Å². The molecule has 1 aliphatic heterocycles. The summed E-state index contributed by atoms with van der Waals surface area (Å²) in [6, 6.07) is 6.73. The maximum Gasteiger partial charge on any atom is 0.253 e. The van der Waals surface area contributed by atoms with Gasteiger partial charge in [-0.1, -0.05) is 12.1 Å². The average Bonchev–Trinajstić information content (AvgIpc) is 2.83. The monoisotopic (exact) mass is 240 g/mol. The van der Waals surface area contributed by atoms with Crippen molar-refractivity contribution in [1.29, 1.82) is 0 Å². The second-order valence-electron chi connectivity index (χ2n) is 4.56. The molecule has 0 saturated carbocycles. The van der Waals surface area contributed by atoms with Crippen LogP contribution in [0, 0.1) is 0 Å². The van der Waals surface area contributed by atoms with Crippen molar-refractivity contribution in [2.75, 3.05) is 18.0 Å². The standard InChI is InChI=1S/C13H18F2N2/c14-13(15)12(16)9-10-3-5-11(6-4-10)17-7-1-2-8-17/h3-6,12-13H,1-2,7-9,16H2. The number of hydrogen-bond donors (Lipinski definition) is 1. The van der Waals surface area contributed by atoms with Crippen LogP contribution < -0.4 is 10.6 Å². The van der Waals surface area contributed by atoms with E-state index in [2.05, 4.69) is 4.90 Å². The summed E-state index contributed by atoms with van der Waals surface area (Å²) >= 11 is 0. The molecule has 0 aromatic heterocycles. The first kappa shape index (κ1) is 12.3. The molecule has 2 rings (SSSR count). The zero-order valence-corrected chi connectivity index (χ0v) is 9.78. The van der Waals surface area contributed by atoms with Crippen LogP contribution in [0.2, 0.25) is 0 Å². The quantitative estimate of drug-likeness (QED) is 0.875. The van der Waals surface area contributed by atoms with Crippen LogP contribution in [0.1, 0.15) is 18.4 Å². The van der Waals surface area contributed by atoms with Gasteiger partial charge in [0.1, 0.15) is 0 Å². The summed E-state index contributed by atoms with van der Waals surface area (Å²) in [5.41, 5.74) is 7.40. The van der Waals surface area contributed by atoms with Crippen LogP contribution in [0.15, 0.2) is 24.3 Å². The highest BCUT2D eigenvalue weighted by Gasteiger charge is 2.16. The van der Waals surface area contributed by atoms with E-state index in [9.17, 15) is 8.78 Å². The first-order chi connectivity index (χ1) is 8.16. The van der Waals surface area contributed by atoms with E-state index in [0.717, 1.165) is 18.7 Å². The maximum atomic E-state index is 12.3. The largest absolute Gasteiger partial charge is 0.372 e. The number of alkyl halides is 2. The molecule has 1 saturated heterocycles. The summed E-state index contributed by atoms with van der Waals surface area (Å²) in [7, 11) is 0. The van der Waals surface area contributed by atoms with Crippen LogP contribution in [0.25, 0.3) is 0 Å². The lowest BCUT2D eigenvalue weighted by Crippen LogP contribution is -2.30. The Bertz CT molecular complexity index is 345. The smallest absolute Gasteiger partial charge is 0.253 e. The molecule has 0 aliphatic carbocycles. The summed E-state index contributed by atoms with van der Waals surface area (Å²) < 4.78 is 24.6. The fourth-order valence-electron chi connectivity index (χ4n) is 2.18. The van der Waals surface area contributed by atoms with E-state index in [0.29, 0.717) is 0 Å². The molecule has 1 aliphatic rings. The molecule has 1 fully saturated rings. The summed E-state index contributed by atoms with van der Waals surface area (Å²) in [6.07, 6.45) is 0.252. The number of nitrogens with two attached hydrogens (primary N) is 1. The fourth-order valence-corrected chi connectivity index (χ4v) is 2.18. The minimum atomic E-state index is -2.45. The zero-order chi connectivity index (χ0) is 12.3. The number of halogens is 2. The molecule has 1 heterocycles. The van der Waals surface area contributed by atoms with E-state index in [1.165, 1.54) is 18.5 Å². The van der Waals surface area contributed by atoms with Gasteiger partial charge in [0, 0.05) is 18.8 Å². The third kappa shape index (κ3) is 3.16. The second kappa shape index (κ2) is 5.45. The number of anilines is 1. The van der Waals surface area contributed by atoms with Gasteiger partial charge in [-0.15, -0.1) is 0 Å². The van der Waals surface area contributed by atoms with Crippen molar-refractivity contribution >= 4 is 5.69 Å². The molecule has 2 nitrogen and oxygen atoms in total. The Kier molecular flexibility index (Phi) is 3.94. The Hall–Kier alpha value is -1.16. The molecule has 1 atom stereocenters. The van der Waals surface area contributed by atoms with Gasteiger partial charge < -0.3 is 10.6 Å². The molecule has 2 N–H and O–H groups in total. The Morgan fingerprint density at radius 1 is 1.12 bits per heavy atom. The number of benzene rings is 1. The molecule has 0 bridgehead atoms. The first-order valence-corrected chi connectivity index (χ1v) is 6.04. The van der Waals surface area contributed by atoms with E-state index in [1.807, 2.05) is 24.3 Å². The van der Waals surface area contributed by atoms with Crippen LogP contribution in [-0.4, -0.2) is 25.6 Å². The minimum Gasteiger partial charge on any atom is -0.372 e. The molecular weight excluding hydrogens is 222 g/mol. The second-order valence-corrected chi connectivity index (χ2v) is 4.56. The Labute approximate surface area is 100 Å². The molecule has 17 heavy (non-hydrogen) atoms. The highest BCUT2D eigenvalue weighted by Crippen LogP contribution is 2.21. The van der Waals surface area contributed by atoms with E-state index in [4.69, 9.17) is 5.73 Å². The molecule has 0 spiro atoms. The highest BCUT2D eigenvalue weighted by atomic mass is 19.3. The van der Waals surface area contributed by atoms with Gasteiger partial charge in [0.2, 0.25) is 0 Å². The zero-order valence-electron chi connectivity index (χ0n) is 9.78. The summed E-state index contributed by atoms with van der Waals surface area (Å²) in [5, 5.41) is 0. The van der Waals surface area contributed by atoms with Crippen molar-refractivity contribution < 1.29 is 8.78 Å². The fraction of sp³-hybridized carbons (Fsp3) is 0.538. The average molecular weight is 240 g/mol. The third-order valence-electron chi connectivity index (χ3n) is 3.20. The van der Waals surface area contributed by atoms with Crippen molar-refractivity contribution in [3.8, 4) is 0 Å². The van der Waals surface area contributed by atoms with Crippen LogP contribution >= 0.6 is 0 Å². The van der Waals surface area contributed by atoms with Crippen molar-refractivity contribution in [2.24, 2.45) is 5.73 Å². The number of rotatable bonds is 4. The number of hydrogen-bond acceptors (Lipinski definition) is 2. The van der Waals surface area contributed by atoms with E-state index < -0.39 is 12.5 Å². The third-order valence-corrected chi connectivity index (χ3v) is 3.20. The van der Waals surface area contributed by atoms with Crippen molar-refractivity contribution in [2.45, 2.75) is 31.7 Å². The van der Waals surface area contributed by atoms with Crippen molar-refractivity contribution in [3.05, 3.63) is 29.8 Å².